The summed E-state index contributed by atoms with van der Waals surface area (Å²) in [5.74, 6) is 5.42. The summed E-state index contributed by atoms with van der Waals surface area (Å²) < 4.78 is 22.7. The maximum absolute atomic E-state index is 13.8. The molecule has 1 atom stereocenters. The average molecular weight is 296 g/mol. The standard InChI is InChI=1S/C13H17FN4OS/c1-3-4-10-13(20-18-17-10)12(16-15)8-5-6-11(19-2)9(14)7-8/h5-7,12,16H,3-4,15H2,1-2H3. The van der Waals surface area contributed by atoms with E-state index < -0.39 is 5.82 Å². The molecule has 1 unspecified atom stereocenters. The minimum absolute atomic E-state index is 0.209. The first-order chi connectivity index (χ1) is 9.71. The number of hydrogen-bond acceptors (Lipinski definition) is 6. The van der Waals surface area contributed by atoms with E-state index >= 15 is 0 Å². The number of nitrogens with zero attached hydrogens (tertiary/aromatic N) is 2. The first-order valence-corrected chi connectivity index (χ1v) is 7.09. The van der Waals surface area contributed by atoms with Crippen LogP contribution in [0, 0.1) is 5.82 Å². The van der Waals surface area contributed by atoms with Crippen molar-refractivity contribution >= 4 is 11.5 Å². The molecule has 2 aromatic rings. The predicted molar refractivity (Wildman–Crippen MR) is 76.0 cm³/mol. The Balaban J connectivity index is 2.36. The smallest absolute Gasteiger partial charge is 0.165 e. The molecule has 0 saturated heterocycles. The monoisotopic (exact) mass is 296 g/mol. The minimum Gasteiger partial charge on any atom is -0.494 e. The van der Waals surface area contributed by atoms with Crippen molar-refractivity contribution < 1.29 is 9.13 Å². The largest absolute Gasteiger partial charge is 0.494 e. The summed E-state index contributed by atoms with van der Waals surface area (Å²) in [6.07, 6.45) is 1.79. The van der Waals surface area contributed by atoms with Crippen molar-refractivity contribution in [3.63, 3.8) is 0 Å². The van der Waals surface area contributed by atoms with E-state index in [1.54, 1.807) is 12.1 Å². The van der Waals surface area contributed by atoms with Gasteiger partial charge >= 0.3 is 0 Å². The van der Waals surface area contributed by atoms with Crippen molar-refractivity contribution in [3.8, 4) is 5.75 Å². The fraction of sp³-hybridized carbons (Fsp3) is 0.385. The second-order valence-corrected chi connectivity index (χ2v) is 5.11. The molecular weight excluding hydrogens is 279 g/mol. The summed E-state index contributed by atoms with van der Waals surface area (Å²) in [6.45, 7) is 2.07. The zero-order valence-corrected chi connectivity index (χ0v) is 12.2. The Bertz CT molecular complexity index is 575. The number of benzene rings is 1. The number of aromatic nitrogens is 2. The summed E-state index contributed by atoms with van der Waals surface area (Å²) in [5, 5.41) is 4.11. The van der Waals surface area contributed by atoms with Gasteiger partial charge in [-0.05, 0) is 35.6 Å². The van der Waals surface area contributed by atoms with E-state index in [9.17, 15) is 4.39 Å². The van der Waals surface area contributed by atoms with Gasteiger partial charge in [0, 0.05) is 0 Å². The highest BCUT2D eigenvalue weighted by atomic mass is 32.1. The lowest BCUT2D eigenvalue weighted by molar-refractivity contribution is 0.385. The van der Waals surface area contributed by atoms with Gasteiger partial charge in [0.1, 0.15) is 0 Å². The normalized spacial score (nSPS) is 12.4. The van der Waals surface area contributed by atoms with E-state index in [0.29, 0.717) is 5.56 Å². The molecule has 20 heavy (non-hydrogen) atoms. The van der Waals surface area contributed by atoms with Crippen LogP contribution in [0.5, 0.6) is 5.75 Å². The number of nitrogens with two attached hydrogens (primary N) is 1. The van der Waals surface area contributed by atoms with E-state index in [4.69, 9.17) is 10.6 Å². The van der Waals surface area contributed by atoms with E-state index in [-0.39, 0.29) is 11.8 Å². The molecule has 0 fully saturated rings. The van der Waals surface area contributed by atoms with Crippen molar-refractivity contribution in [1.82, 2.24) is 15.0 Å². The van der Waals surface area contributed by atoms with Gasteiger partial charge in [-0.3, -0.25) is 5.84 Å². The molecule has 0 amide bonds. The van der Waals surface area contributed by atoms with Gasteiger partial charge in [0.25, 0.3) is 0 Å². The first-order valence-electron chi connectivity index (χ1n) is 6.32. The molecule has 2 rings (SSSR count). The number of halogens is 1. The van der Waals surface area contributed by atoms with Crippen LogP contribution in [0.2, 0.25) is 0 Å². The maximum atomic E-state index is 13.8. The number of aryl methyl sites for hydroxylation is 1. The minimum atomic E-state index is -0.417. The van der Waals surface area contributed by atoms with Gasteiger partial charge < -0.3 is 4.74 Å². The SMILES string of the molecule is CCCc1nnsc1C(NN)c1ccc(OC)c(F)c1. The van der Waals surface area contributed by atoms with Gasteiger partial charge in [-0.25, -0.2) is 9.82 Å². The van der Waals surface area contributed by atoms with Gasteiger partial charge in [0.05, 0.1) is 23.7 Å². The highest BCUT2D eigenvalue weighted by molar-refractivity contribution is 7.05. The summed E-state index contributed by atoms with van der Waals surface area (Å²) >= 11 is 1.28. The van der Waals surface area contributed by atoms with Crippen LogP contribution in [-0.2, 0) is 6.42 Å². The summed E-state index contributed by atoms with van der Waals surface area (Å²) in [5.41, 5.74) is 4.32. The Hall–Kier alpha value is -1.57. The molecule has 0 aliphatic carbocycles. The maximum Gasteiger partial charge on any atom is 0.165 e. The van der Waals surface area contributed by atoms with Crippen molar-refractivity contribution in [1.29, 1.82) is 0 Å². The number of hydrogen-bond donors (Lipinski definition) is 2. The lowest BCUT2D eigenvalue weighted by Gasteiger charge is -2.16. The Morgan fingerprint density at radius 2 is 2.30 bits per heavy atom. The molecule has 7 heteroatoms. The number of hydrazine groups is 1. The molecule has 1 aromatic carbocycles. The third-order valence-corrected chi connectivity index (χ3v) is 3.84. The van der Waals surface area contributed by atoms with Crippen LogP contribution in [-0.4, -0.2) is 16.7 Å². The van der Waals surface area contributed by atoms with Gasteiger partial charge in [0.2, 0.25) is 0 Å². The van der Waals surface area contributed by atoms with Crippen LogP contribution < -0.4 is 16.0 Å². The Morgan fingerprint density at radius 3 is 2.90 bits per heavy atom. The average Bonchev–Trinajstić information content (AvgIpc) is 2.89. The van der Waals surface area contributed by atoms with Crippen LogP contribution >= 0.6 is 11.5 Å². The van der Waals surface area contributed by atoms with Crippen molar-refractivity contribution in [2.45, 2.75) is 25.8 Å². The van der Waals surface area contributed by atoms with E-state index in [1.807, 2.05) is 0 Å². The van der Waals surface area contributed by atoms with Crippen LogP contribution in [0.25, 0.3) is 0 Å². The molecule has 0 bridgehead atoms. The van der Waals surface area contributed by atoms with Crippen molar-refractivity contribution in [3.05, 3.63) is 40.2 Å². The quantitative estimate of drug-likeness (QED) is 0.631. The van der Waals surface area contributed by atoms with E-state index in [1.165, 1.54) is 24.7 Å². The predicted octanol–water partition coefficient (Wildman–Crippen LogP) is 2.19. The van der Waals surface area contributed by atoms with Crippen molar-refractivity contribution in [2.75, 3.05) is 7.11 Å². The molecule has 0 saturated carbocycles. The van der Waals surface area contributed by atoms with Gasteiger partial charge in [-0.2, -0.15) is 0 Å². The van der Waals surface area contributed by atoms with Gasteiger partial charge in [-0.1, -0.05) is 23.9 Å². The van der Waals surface area contributed by atoms with Crippen LogP contribution in [0.4, 0.5) is 4.39 Å². The van der Waals surface area contributed by atoms with Gasteiger partial charge in [0.15, 0.2) is 11.6 Å². The summed E-state index contributed by atoms with van der Waals surface area (Å²) in [6, 6.07) is 4.46. The van der Waals surface area contributed by atoms with E-state index in [2.05, 4.69) is 21.9 Å². The molecule has 0 radical (unpaired) electrons. The Morgan fingerprint density at radius 1 is 1.50 bits per heavy atom. The summed E-state index contributed by atoms with van der Waals surface area (Å²) in [7, 11) is 1.43. The Kier molecular flexibility index (Phi) is 4.99. The number of methoxy groups -OCH3 is 1. The third-order valence-electron chi connectivity index (χ3n) is 3.01. The zero-order chi connectivity index (χ0) is 14.5. The van der Waals surface area contributed by atoms with E-state index in [0.717, 1.165) is 23.4 Å². The zero-order valence-electron chi connectivity index (χ0n) is 11.4. The topological polar surface area (TPSA) is 73.1 Å². The molecule has 108 valence electrons. The molecule has 1 aromatic heterocycles. The van der Waals surface area contributed by atoms with Crippen LogP contribution in [0.15, 0.2) is 18.2 Å². The molecule has 0 spiro atoms. The molecule has 0 aliphatic rings. The van der Waals surface area contributed by atoms with Crippen LogP contribution in [0.1, 0.15) is 35.5 Å². The first kappa shape index (κ1) is 14.8. The fourth-order valence-electron chi connectivity index (χ4n) is 2.03. The second-order valence-electron chi connectivity index (χ2n) is 4.33. The molecule has 5 nitrogen and oxygen atoms in total. The molecule has 1 heterocycles. The lowest BCUT2D eigenvalue weighted by Crippen LogP contribution is -2.29. The highest BCUT2D eigenvalue weighted by Gasteiger charge is 2.21. The summed E-state index contributed by atoms with van der Waals surface area (Å²) in [4.78, 5) is 0.916. The second kappa shape index (κ2) is 6.74. The highest BCUT2D eigenvalue weighted by Crippen LogP contribution is 2.29. The number of rotatable bonds is 6. The van der Waals surface area contributed by atoms with Crippen LogP contribution in [0.3, 0.4) is 0 Å². The molecular formula is C13H17FN4OS. The molecule has 3 N–H and O–H groups in total. The third kappa shape index (κ3) is 2.95. The van der Waals surface area contributed by atoms with Crippen molar-refractivity contribution in [2.24, 2.45) is 5.84 Å². The van der Waals surface area contributed by atoms with Gasteiger partial charge in [-0.15, -0.1) is 5.10 Å². The molecule has 0 aliphatic heterocycles. The number of ether oxygens (including phenoxy) is 1. The number of nitrogens with one attached hydrogen (secondary N) is 1. The fourth-order valence-corrected chi connectivity index (χ4v) is 2.82. The Labute approximate surface area is 121 Å². The lowest BCUT2D eigenvalue weighted by atomic mass is 10.0.